The zero-order chi connectivity index (χ0) is 11.1. The highest BCUT2D eigenvalue weighted by molar-refractivity contribution is 5.14. The van der Waals surface area contributed by atoms with Crippen LogP contribution >= 0.6 is 0 Å². The summed E-state index contributed by atoms with van der Waals surface area (Å²) in [7, 11) is 3.31. The fraction of sp³-hybridized carbons (Fsp3) is 0.667. The van der Waals surface area contributed by atoms with E-state index < -0.39 is 0 Å². The van der Waals surface area contributed by atoms with E-state index in [9.17, 15) is 0 Å². The van der Waals surface area contributed by atoms with Gasteiger partial charge in [-0.2, -0.15) is 0 Å². The van der Waals surface area contributed by atoms with Crippen molar-refractivity contribution in [2.75, 3.05) is 14.2 Å². The molecule has 14 heavy (non-hydrogen) atoms. The molecule has 0 aliphatic heterocycles. The first-order chi connectivity index (χ1) is 6.56. The van der Waals surface area contributed by atoms with Gasteiger partial charge in [0.25, 0.3) is 0 Å². The molecule has 0 spiro atoms. The second-order valence-corrected chi connectivity index (χ2v) is 3.68. The van der Waals surface area contributed by atoms with Crippen LogP contribution in [-0.4, -0.2) is 14.2 Å². The summed E-state index contributed by atoms with van der Waals surface area (Å²) in [4.78, 5) is 0. The van der Waals surface area contributed by atoms with E-state index in [0.717, 1.165) is 12.2 Å². The molecule has 0 fully saturated rings. The van der Waals surface area contributed by atoms with Crippen molar-refractivity contribution in [2.24, 2.45) is 11.8 Å². The summed E-state index contributed by atoms with van der Waals surface area (Å²) in [6, 6.07) is 0. The fourth-order valence-electron chi connectivity index (χ4n) is 1.54. The standard InChI is InChI=1S/C12H22O2/c1-7-11(9(2)3)12(14-6)8-10(4)13-5/h8-9,11H,4,7H2,1-3,5-6H3/b12-8-. The minimum Gasteiger partial charge on any atom is -0.501 e. The van der Waals surface area contributed by atoms with E-state index in [-0.39, 0.29) is 0 Å². The van der Waals surface area contributed by atoms with Crippen LogP contribution in [0.5, 0.6) is 0 Å². The average molecular weight is 198 g/mol. The second kappa shape index (κ2) is 6.52. The van der Waals surface area contributed by atoms with Gasteiger partial charge in [0.2, 0.25) is 0 Å². The van der Waals surface area contributed by atoms with Crippen LogP contribution < -0.4 is 0 Å². The van der Waals surface area contributed by atoms with Gasteiger partial charge >= 0.3 is 0 Å². The smallest absolute Gasteiger partial charge is 0.115 e. The van der Waals surface area contributed by atoms with Crippen LogP contribution in [0.3, 0.4) is 0 Å². The van der Waals surface area contributed by atoms with Gasteiger partial charge in [-0.25, -0.2) is 0 Å². The van der Waals surface area contributed by atoms with Crippen LogP contribution in [0.4, 0.5) is 0 Å². The Labute approximate surface area is 87.6 Å². The second-order valence-electron chi connectivity index (χ2n) is 3.68. The van der Waals surface area contributed by atoms with Gasteiger partial charge in [-0.3, -0.25) is 0 Å². The summed E-state index contributed by atoms with van der Waals surface area (Å²) >= 11 is 0. The van der Waals surface area contributed by atoms with Gasteiger partial charge in [0.1, 0.15) is 11.5 Å². The van der Waals surface area contributed by atoms with Crippen molar-refractivity contribution in [2.45, 2.75) is 27.2 Å². The number of ether oxygens (including phenoxy) is 2. The average Bonchev–Trinajstić information content (AvgIpc) is 2.16. The molecule has 0 radical (unpaired) electrons. The zero-order valence-corrected chi connectivity index (χ0v) is 9.96. The summed E-state index contributed by atoms with van der Waals surface area (Å²) in [6.45, 7) is 10.3. The van der Waals surface area contributed by atoms with Crippen molar-refractivity contribution in [3.05, 3.63) is 24.2 Å². The number of allylic oxidation sites excluding steroid dienone is 2. The molecule has 0 rings (SSSR count). The van der Waals surface area contributed by atoms with Crippen molar-refractivity contribution >= 4 is 0 Å². The summed E-state index contributed by atoms with van der Waals surface area (Å²) in [6.07, 6.45) is 2.93. The Hall–Kier alpha value is -0.920. The van der Waals surface area contributed by atoms with Gasteiger partial charge in [0.05, 0.1) is 14.2 Å². The molecule has 1 unspecified atom stereocenters. The minimum absolute atomic E-state index is 0.437. The first-order valence-corrected chi connectivity index (χ1v) is 5.05. The topological polar surface area (TPSA) is 18.5 Å². The number of hydrogen-bond donors (Lipinski definition) is 0. The molecule has 0 heterocycles. The van der Waals surface area contributed by atoms with Gasteiger partial charge < -0.3 is 9.47 Å². The van der Waals surface area contributed by atoms with Gasteiger partial charge in [0.15, 0.2) is 0 Å². The van der Waals surface area contributed by atoms with Crippen molar-refractivity contribution in [1.82, 2.24) is 0 Å². The molecule has 0 amide bonds. The van der Waals surface area contributed by atoms with Crippen LogP contribution in [-0.2, 0) is 9.47 Å². The van der Waals surface area contributed by atoms with Crippen LogP contribution in [0.25, 0.3) is 0 Å². The molecule has 82 valence electrons. The molecule has 1 atom stereocenters. The largest absolute Gasteiger partial charge is 0.501 e. The molecule has 2 nitrogen and oxygen atoms in total. The summed E-state index contributed by atoms with van der Waals surface area (Å²) in [5.41, 5.74) is 0. The third kappa shape index (κ3) is 3.86. The maximum atomic E-state index is 5.36. The zero-order valence-electron chi connectivity index (χ0n) is 9.96. The van der Waals surface area contributed by atoms with E-state index in [1.54, 1.807) is 14.2 Å². The van der Waals surface area contributed by atoms with Gasteiger partial charge in [-0.1, -0.05) is 27.4 Å². The number of hydrogen-bond acceptors (Lipinski definition) is 2. The van der Waals surface area contributed by atoms with E-state index in [1.165, 1.54) is 0 Å². The Kier molecular flexibility index (Phi) is 6.09. The lowest BCUT2D eigenvalue weighted by atomic mass is 9.91. The van der Waals surface area contributed by atoms with E-state index >= 15 is 0 Å². The van der Waals surface area contributed by atoms with Crippen LogP contribution in [0.15, 0.2) is 24.2 Å². The monoisotopic (exact) mass is 198 g/mol. The normalized spacial score (nSPS) is 14.0. The highest BCUT2D eigenvalue weighted by atomic mass is 16.5. The molecule has 0 aliphatic carbocycles. The first kappa shape index (κ1) is 13.1. The molecule has 0 saturated heterocycles. The fourth-order valence-corrected chi connectivity index (χ4v) is 1.54. The van der Waals surface area contributed by atoms with Gasteiger partial charge in [0, 0.05) is 12.0 Å². The molecule has 0 aromatic carbocycles. The summed E-state index contributed by atoms with van der Waals surface area (Å²) in [5.74, 6) is 2.60. The lowest BCUT2D eigenvalue weighted by Crippen LogP contribution is -2.12. The Morgan fingerprint density at radius 3 is 2.14 bits per heavy atom. The van der Waals surface area contributed by atoms with Crippen LogP contribution in [0.1, 0.15) is 27.2 Å². The van der Waals surface area contributed by atoms with Crippen molar-refractivity contribution in [3.8, 4) is 0 Å². The van der Waals surface area contributed by atoms with Crippen molar-refractivity contribution < 1.29 is 9.47 Å². The number of methoxy groups -OCH3 is 2. The third-order valence-corrected chi connectivity index (χ3v) is 2.41. The van der Waals surface area contributed by atoms with E-state index in [0.29, 0.717) is 17.6 Å². The molecule has 0 aromatic heterocycles. The predicted molar refractivity (Wildman–Crippen MR) is 59.9 cm³/mol. The summed E-state index contributed by atoms with van der Waals surface area (Å²) in [5, 5.41) is 0. The van der Waals surface area contributed by atoms with E-state index in [2.05, 4.69) is 27.4 Å². The lowest BCUT2D eigenvalue weighted by Gasteiger charge is -2.21. The molecule has 2 heteroatoms. The highest BCUT2D eigenvalue weighted by Crippen LogP contribution is 2.25. The van der Waals surface area contributed by atoms with Gasteiger partial charge in [-0.05, 0) is 12.3 Å². The Morgan fingerprint density at radius 1 is 1.29 bits per heavy atom. The third-order valence-electron chi connectivity index (χ3n) is 2.41. The molecular weight excluding hydrogens is 176 g/mol. The summed E-state index contributed by atoms with van der Waals surface area (Å²) < 4.78 is 10.4. The molecule has 0 aliphatic rings. The Balaban J connectivity index is 4.67. The molecule has 0 N–H and O–H groups in total. The lowest BCUT2D eigenvalue weighted by molar-refractivity contribution is 0.206. The predicted octanol–water partition coefficient (Wildman–Crippen LogP) is 3.36. The van der Waals surface area contributed by atoms with E-state index in [1.807, 2.05) is 6.08 Å². The van der Waals surface area contributed by atoms with E-state index in [4.69, 9.17) is 9.47 Å². The van der Waals surface area contributed by atoms with Crippen LogP contribution in [0, 0.1) is 11.8 Å². The SMILES string of the molecule is C=C(/C=C(\OC)C(CC)C(C)C)OC. The Bertz CT molecular complexity index is 204. The highest BCUT2D eigenvalue weighted by Gasteiger charge is 2.17. The Morgan fingerprint density at radius 2 is 1.86 bits per heavy atom. The minimum atomic E-state index is 0.437. The number of rotatable bonds is 6. The molecule has 0 aromatic rings. The quantitative estimate of drug-likeness (QED) is 0.481. The maximum Gasteiger partial charge on any atom is 0.115 e. The van der Waals surface area contributed by atoms with Crippen molar-refractivity contribution in [1.29, 1.82) is 0 Å². The van der Waals surface area contributed by atoms with Crippen LogP contribution in [0.2, 0.25) is 0 Å². The van der Waals surface area contributed by atoms with Gasteiger partial charge in [-0.15, -0.1) is 0 Å². The molecule has 0 saturated carbocycles. The molecular formula is C12H22O2. The maximum absolute atomic E-state index is 5.36. The van der Waals surface area contributed by atoms with Crippen molar-refractivity contribution in [3.63, 3.8) is 0 Å². The first-order valence-electron chi connectivity index (χ1n) is 5.05. The molecule has 0 bridgehead atoms.